The van der Waals surface area contributed by atoms with E-state index in [9.17, 15) is 9.59 Å². The van der Waals surface area contributed by atoms with Crippen LogP contribution in [0, 0.1) is 0 Å². The second kappa shape index (κ2) is 6.58. The van der Waals surface area contributed by atoms with Crippen LogP contribution in [-0.4, -0.2) is 52.4 Å². The smallest absolute Gasteiger partial charge is 0.254 e. The Balaban J connectivity index is 1.65. The first-order valence-electron chi connectivity index (χ1n) is 9.17. The molecule has 0 saturated carbocycles. The Bertz CT molecular complexity index is 1040. The predicted molar refractivity (Wildman–Crippen MR) is 106 cm³/mol. The van der Waals surface area contributed by atoms with Crippen LogP contribution in [0.15, 0.2) is 54.7 Å². The van der Waals surface area contributed by atoms with E-state index in [-0.39, 0.29) is 11.8 Å². The Morgan fingerprint density at radius 1 is 1.00 bits per heavy atom. The van der Waals surface area contributed by atoms with Gasteiger partial charge in [0.25, 0.3) is 5.91 Å². The van der Waals surface area contributed by atoms with Crippen molar-refractivity contribution in [3.8, 4) is 11.1 Å². The summed E-state index contributed by atoms with van der Waals surface area (Å²) < 4.78 is 2.09. The normalized spacial score (nSPS) is 17.6. The summed E-state index contributed by atoms with van der Waals surface area (Å²) in [6.07, 6.45) is 2.04. The summed E-state index contributed by atoms with van der Waals surface area (Å²) in [7, 11) is 3.81. The number of nitrogens with zero attached hydrogens (tertiary/aromatic N) is 3. The highest BCUT2D eigenvalue weighted by Crippen LogP contribution is 2.26. The number of likely N-dealkylation sites (N-methyl/N-ethyl adjacent to an activating group) is 1. The lowest BCUT2D eigenvalue weighted by Gasteiger charge is -2.37. The first-order chi connectivity index (χ1) is 13.0. The minimum Gasteiger partial charge on any atom is -0.351 e. The molecule has 0 aliphatic carbocycles. The van der Waals surface area contributed by atoms with Crippen molar-refractivity contribution in [1.29, 1.82) is 0 Å². The Labute approximate surface area is 158 Å². The van der Waals surface area contributed by atoms with Crippen molar-refractivity contribution in [2.75, 3.05) is 20.1 Å². The maximum absolute atomic E-state index is 13.0. The lowest BCUT2D eigenvalue weighted by Crippen LogP contribution is -2.56. The van der Waals surface area contributed by atoms with E-state index in [1.807, 2.05) is 37.5 Å². The van der Waals surface area contributed by atoms with Crippen LogP contribution < -0.4 is 0 Å². The molecule has 1 aliphatic heterocycles. The summed E-state index contributed by atoms with van der Waals surface area (Å²) in [4.78, 5) is 28.6. The Morgan fingerprint density at radius 2 is 1.78 bits per heavy atom. The topological polar surface area (TPSA) is 45.6 Å². The van der Waals surface area contributed by atoms with E-state index >= 15 is 0 Å². The van der Waals surface area contributed by atoms with Gasteiger partial charge in [-0.1, -0.05) is 18.2 Å². The van der Waals surface area contributed by atoms with E-state index in [2.05, 4.69) is 28.8 Å². The number of benzene rings is 2. The van der Waals surface area contributed by atoms with Crippen LogP contribution in [0.3, 0.4) is 0 Å². The van der Waals surface area contributed by atoms with Gasteiger partial charge in [-0.25, -0.2) is 0 Å². The molecule has 4 rings (SSSR count). The van der Waals surface area contributed by atoms with Gasteiger partial charge in [-0.05, 0) is 48.4 Å². The first-order valence-corrected chi connectivity index (χ1v) is 9.17. The van der Waals surface area contributed by atoms with Crippen LogP contribution in [0.5, 0.6) is 0 Å². The van der Waals surface area contributed by atoms with Gasteiger partial charge in [-0.3, -0.25) is 9.59 Å². The number of rotatable bonds is 2. The van der Waals surface area contributed by atoms with Crippen LogP contribution in [0.4, 0.5) is 0 Å². The average molecular weight is 361 g/mol. The fourth-order valence-corrected chi connectivity index (χ4v) is 3.75. The Hall–Kier alpha value is -3.08. The molecule has 0 N–H and O–H groups in total. The van der Waals surface area contributed by atoms with Gasteiger partial charge in [-0.15, -0.1) is 0 Å². The van der Waals surface area contributed by atoms with Gasteiger partial charge in [0.15, 0.2) is 0 Å². The summed E-state index contributed by atoms with van der Waals surface area (Å²) in [5.41, 5.74) is 3.87. The van der Waals surface area contributed by atoms with Gasteiger partial charge in [-0.2, -0.15) is 0 Å². The van der Waals surface area contributed by atoms with Crippen molar-refractivity contribution in [2.24, 2.45) is 7.05 Å². The first kappa shape index (κ1) is 17.3. The van der Waals surface area contributed by atoms with E-state index in [1.165, 1.54) is 10.9 Å². The highest BCUT2D eigenvalue weighted by molar-refractivity contribution is 5.99. The highest BCUT2D eigenvalue weighted by Gasteiger charge is 2.32. The summed E-state index contributed by atoms with van der Waals surface area (Å²) in [5.74, 6) is -0.105. The van der Waals surface area contributed by atoms with Crippen molar-refractivity contribution < 1.29 is 9.59 Å². The number of amides is 2. The molecule has 5 nitrogen and oxygen atoms in total. The summed E-state index contributed by atoms with van der Waals surface area (Å²) in [6, 6.07) is 15.6. The molecule has 2 heterocycles. The molecule has 2 aromatic carbocycles. The number of aromatic nitrogens is 1. The largest absolute Gasteiger partial charge is 0.351 e. The Kier molecular flexibility index (Phi) is 4.22. The van der Waals surface area contributed by atoms with Gasteiger partial charge in [0.05, 0.1) is 0 Å². The average Bonchev–Trinajstić information content (AvgIpc) is 3.06. The number of piperazine rings is 1. The molecule has 0 spiro atoms. The lowest BCUT2D eigenvalue weighted by atomic mass is 10.0. The quantitative estimate of drug-likeness (QED) is 0.704. The monoisotopic (exact) mass is 361 g/mol. The summed E-state index contributed by atoms with van der Waals surface area (Å²) >= 11 is 0. The predicted octanol–water partition coefficient (Wildman–Crippen LogP) is 3.15. The van der Waals surface area contributed by atoms with Crippen molar-refractivity contribution in [3.05, 3.63) is 60.3 Å². The summed E-state index contributed by atoms with van der Waals surface area (Å²) in [6.45, 7) is 2.92. The molecule has 0 unspecified atom stereocenters. The zero-order chi connectivity index (χ0) is 19.1. The van der Waals surface area contributed by atoms with Crippen LogP contribution in [0.1, 0.15) is 17.3 Å². The van der Waals surface area contributed by atoms with Gasteiger partial charge in [0, 0.05) is 49.8 Å². The number of carbonyl (C=O) groups is 2. The molecule has 2 amide bonds. The minimum atomic E-state index is -0.430. The fourth-order valence-electron chi connectivity index (χ4n) is 3.75. The molecule has 0 bridgehead atoms. The van der Waals surface area contributed by atoms with Crippen molar-refractivity contribution in [1.82, 2.24) is 14.4 Å². The number of hydrogen-bond acceptors (Lipinski definition) is 2. The molecule has 3 aromatic rings. The van der Waals surface area contributed by atoms with Gasteiger partial charge < -0.3 is 14.4 Å². The van der Waals surface area contributed by atoms with Gasteiger partial charge >= 0.3 is 0 Å². The third-order valence-corrected chi connectivity index (χ3v) is 5.47. The Morgan fingerprint density at radius 3 is 2.59 bits per heavy atom. The number of hydrogen-bond donors (Lipinski definition) is 0. The molecule has 1 aliphatic rings. The molecular weight excluding hydrogens is 338 g/mol. The molecule has 1 aromatic heterocycles. The molecule has 1 fully saturated rings. The van der Waals surface area contributed by atoms with Crippen molar-refractivity contribution >= 4 is 22.7 Å². The number of carbonyl (C=O) groups excluding carboxylic acids is 2. The van der Waals surface area contributed by atoms with Crippen molar-refractivity contribution in [3.63, 3.8) is 0 Å². The van der Waals surface area contributed by atoms with Gasteiger partial charge in [0.1, 0.15) is 6.04 Å². The molecule has 1 atom stereocenters. The molecular formula is C22H23N3O2. The van der Waals surface area contributed by atoms with Crippen LogP contribution >= 0.6 is 0 Å². The second-order valence-electron chi connectivity index (χ2n) is 7.22. The lowest BCUT2D eigenvalue weighted by molar-refractivity contribution is -0.137. The number of fused-ring (bicyclic) bond motifs is 1. The van der Waals surface area contributed by atoms with E-state index in [0.717, 1.165) is 11.1 Å². The molecule has 5 heteroatoms. The van der Waals surface area contributed by atoms with E-state index in [4.69, 9.17) is 0 Å². The standard InChI is InChI=1S/C22H23N3O2/c1-15-21(26)24(3)11-12-25(15)22(27)19-6-4-5-16(14-19)17-7-8-20-18(13-17)9-10-23(20)2/h4-10,13-15H,11-12H2,1-3H3/t15-/m1/s1. The SMILES string of the molecule is C[C@@H]1C(=O)N(C)CCN1C(=O)c1cccc(-c2ccc3c(ccn3C)c2)c1. The van der Waals surface area contributed by atoms with Crippen LogP contribution in [0.2, 0.25) is 0 Å². The third kappa shape index (κ3) is 2.99. The fraction of sp³-hybridized carbons (Fsp3) is 0.273. The van der Waals surface area contributed by atoms with E-state index in [0.29, 0.717) is 18.7 Å². The van der Waals surface area contributed by atoms with Crippen molar-refractivity contribution in [2.45, 2.75) is 13.0 Å². The van der Waals surface area contributed by atoms with Crippen LogP contribution in [-0.2, 0) is 11.8 Å². The zero-order valence-corrected chi connectivity index (χ0v) is 15.8. The van der Waals surface area contributed by atoms with Gasteiger partial charge in [0.2, 0.25) is 5.91 Å². The summed E-state index contributed by atoms with van der Waals surface area (Å²) in [5, 5.41) is 1.17. The third-order valence-electron chi connectivity index (χ3n) is 5.47. The molecule has 0 radical (unpaired) electrons. The van der Waals surface area contributed by atoms with E-state index < -0.39 is 6.04 Å². The molecule has 138 valence electrons. The zero-order valence-electron chi connectivity index (χ0n) is 15.8. The molecule has 27 heavy (non-hydrogen) atoms. The molecule has 1 saturated heterocycles. The maximum Gasteiger partial charge on any atom is 0.254 e. The number of aryl methyl sites for hydroxylation is 1. The minimum absolute atomic E-state index is 0.0136. The van der Waals surface area contributed by atoms with E-state index in [1.54, 1.807) is 23.8 Å². The maximum atomic E-state index is 13.0. The van der Waals surface area contributed by atoms with Crippen LogP contribution in [0.25, 0.3) is 22.0 Å². The highest BCUT2D eigenvalue weighted by atomic mass is 16.2. The second-order valence-corrected chi connectivity index (χ2v) is 7.22.